The number of hydrogen-bond donors (Lipinski definition) is 4. The summed E-state index contributed by atoms with van der Waals surface area (Å²) in [5, 5.41) is 19.2. The predicted molar refractivity (Wildman–Crippen MR) is 66.3 cm³/mol. The van der Waals surface area contributed by atoms with Crippen molar-refractivity contribution in [2.75, 3.05) is 12.3 Å². The number of anilines is 1. The maximum absolute atomic E-state index is 9.77. The number of nitrogen functional groups attached to an aromatic ring is 1. The average molecular weight is 340 g/mol. The average Bonchev–Trinajstić information content (AvgIpc) is 2.21. The van der Waals surface area contributed by atoms with Crippen LogP contribution in [-0.2, 0) is 0 Å². The van der Waals surface area contributed by atoms with Gasteiger partial charge >= 0.3 is 0 Å². The van der Waals surface area contributed by atoms with Crippen LogP contribution in [0, 0.1) is 0 Å². The monoisotopic (exact) mass is 338 g/mol. The highest BCUT2D eigenvalue weighted by molar-refractivity contribution is 9.11. The lowest BCUT2D eigenvalue weighted by Gasteiger charge is -2.19. The summed E-state index contributed by atoms with van der Waals surface area (Å²) >= 11 is 6.53. The van der Waals surface area contributed by atoms with Gasteiger partial charge in [0.05, 0.1) is 11.8 Å². The van der Waals surface area contributed by atoms with Crippen LogP contribution in [-0.4, -0.2) is 22.9 Å². The Balaban J connectivity index is 3.13. The molecular weight excluding hydrogens is 328 g/mol. The number of benzene rings is 1. The van der Waals surface area contributed by atoms with Crippen molar-refractivity contribution >= 4 is 37.5 Å². The van der Waals surface area contributed by atoms with E-state index in [0.29, 0.717) is 15.7 Å². The maximum atomic E-state index is 9.77. The Labute approximate surface area is 105 Å². The van der Waals surface area contributed by atoms with Gasteiger partial charge in [-0.1, -0.05) is 15.9 Å². The minimum absolute atomic E-state index is 0.0231. The molecule has 0 aromatic heterocycles. The Kier molecular flexibility index (Phi) is 4.54. The number of nitrogens with two attached hydrogens (primary N) is 2. The molecule has 0 bridgehead atoms. The molecule has 0 heterocycles. The van der Waals surface area contributed by atoms with Gasteiger partial charge in [0.15, 0.2) is 0 Å². The number of rotatable bonds is 3. The standard InChI is InChI=1S/C9H12Br2N2O2/c10-4-1-5(8(13)6(11)2-4)9(15)7(14)3-12/h1-2,7,9,14-15H,3,12-13H2. The lowest BCUT2D eigenvalue weighted by molar-refractivity contribution is 0.0247. The number of halogens is 2. The fourth-order valence-corrected chi connectivity index (χ4v) is 2.44. The number of hydrogen-bond acceptors (Lipinski definition) is 4. The van der Waals surface area contributed by atoms with Crippen LogP contribution in [0.25, 0.3) is 0 Å². The Hall–Kier alpha value is -0.140. The first-order valence-electron chi connectivity index (χ1n) is 4.28. The Morgan fingerprint density at radius 1 is 1.27 bits per heavy atom. The van der Waals surface area contributed by atoms with Crippen LogP contribution in [0.4, 0.5) is 5.69 Å². The largest absolute Gasteiger partial charge is 0.398 e. The van der Waals surface area contributed by atoms with E-state index < -0.39 is 12.2 Å². The van der Waals surface area contributed by atoms with Gasteiger partial charge in [0.2, 0.25) is 0 Å². The molecule has 6 heteroatoms. The minimum Gasteiger partial charge on any atom is -0.398 e. The van der Waals surface area contributed by atoms with E-state index in [0.717, 1.165) is 4.47 Å². The van der Waals surface area contributed by atoms with E-state index in [9.17, 15) is 10.2 Å². The van der Waals surface area contributed by atoms with Crippen molar-refractivity contribution in [2.45, 2.75) is 12.2 Å². The smallest absolute Gasteiger partial charge is 0.108 e. The fourth-order valence-electron chi connectivity index (χ4n) is 1.19. The van der Waals surface area contributed by atoms with Gasteiger partial charge in [-0.05, 0) is 28.1 Å². The molecule has 84 valence electrons. The summed E-state index contributed by atoms with van der Waals surface area (Å²) < 4.78 is 1.43. The van der Waals surface area contributed by atoms with Crippen molar-refractivity contribution < 1.29 is 10.2 Å². The van der Waals surface area contributed by atoms with Gasteiger partial charge in [-0.3, -0.25) is 0 Å². The van der Waals surface area contributed by atoms with E-state index in [2.05, 4.69) is 31.9 Å². The van der Waals surface area contributed by atoms with E-state index in [-0.39, 0.29) is 6.54 Å². The molecule has 0 aliphatic rings. The lowest BCUT2D eigenvalue weighted by atomic mass is 10.0. The van der Waals surface area contributed by atoms with Gasteiger partial charge in [0.25, 0.3) is 0 Å². The molecule has 2 atom stereocenters. The fraction of sp³-hybridized carbons (Fsp3) is 0.333. The van der Waals surface area contributed by atoms with Crippen LogP contribution in [0.15, 0.2) is 21.1 Å². The van der Waals surface area contributed by atoms with Crippen LogP contribution < -0.4 is 11.5 Å². The minimum atomic E-state index is -1.08. The number of aliphatic hydroxyl groups excluding tert-OH is 2. The normalized spacial score (nSPS) is 15.0. The molecule has 4 nitrogen and oxygen atoms in total. The topological polar surface area (TPSA) is 92.5 Å². The molecule has 0 aliphatic carbocycles. The molecule has 0 aliphatic heterocycles. The molecule has 0 radical (unpaired) electrons. The first-order valence-corrected chi connectivity index (χ1v) is 5.86. The molecule has 0 fully saturated rings. The highest BCUT2D eigenvalue weighted by Crippen LogP contribution is 2.32. The summed E-state index contributed by atoms with van der Waals surface area (Å²) in [6.07, 6.45) is -2.10. The molecule has 1 aromatic carbocycles. The Morgan fingerprint density at radius 3 is 2.40 bits per heavy atom. The van der Waals surface area contributed by atoms with E-state index in [4.69, 9.17) is 11.5 Å². The van der Waals surface area contributed by atoms with Crippen LogP contribution in [0.5, 0.6) is 0 Å². The summed E-state index contributed by atoms with van der Waals surface area (Å²) in [6.45, 7) is -0.0231. The van der Waals surface area contributed by atoms with E-state index >= 15 is 0 Å². The second-order valence-electron chi connectivity index (χ2n) is 3.14. The third kappa shape index (κ3) is 2.92. The summed E-state index contributed by atoms with van der Waals surface area (Å²) in [5.74, 6) is 0. The zero-order chi connectivity index (χ0) is 11.6. The third-order valence-corrected chi connectivity index (χ3v) is 3.16. The molecule has 0 saturated carbocycles. The highest BCUT2D eigenvalue weighted by Gasteiger charge is 2.20. The van der Waals surface area contributed by atoms with Crippen molar-refractivity contribution in [1.29, 1.82) is 0 Å². The zero-order valence-corrected chi connectivity index (χ0v) is 11.0. The van der Waals surface area contributed by atoms with Crippen molar-refractivity contribution in [2.24, 2.45) is 5.73 Å². The van der Waals surface area contributed by atoms with Gasteiger partial charge < -0.3 is 21.7 Å². The van der Waals surface area contributed by atoms with E-state index in [1.165, 1.54) is 0 Å². The zero-order valence-electron chi connectivity index (χ0n) is 7.82. The maximum Gasteiger partial charge on any atom is 0.108 e. The van der Waals surface area contributed by atoms with Crippen LogP contribution in [0.2, 0.25) is 0 Å². The predicted octanol–water partition coefficient (Wildman–Crippen LogP) is 1.15. The molecule has 15 heavy (non-hydrogen) atoms. The van der Waals surface area contributed by atoms with Gasteiger partial charge in [-0.2, -0.15) is 0 Å². The molecule has 0 spiro atoms. The lowest BCUT2D eigenvalue weighted by Crippen LogP contribution is -2.27. The van der Waals surface area contributed by atoms with Crippen molar-refractivity contribution in [3.63, 3.8) is 0 Å². The molecule has 1 aromatic rings. The molecular formula is C9H12Br2N2O2. The quantitative estimate of drug-likeness (QED) is 0.621. The van der Waals surface area contributed by atoms with Gasteiger partial charge in [-0.15, -0.1) is 0 Å². The second kappa shape index (κ2) is 5.27. The van der Waals surface area contributed by atoms with E-state index in [1.807, 2.05) is 0 Å². The molecule has 1 rings (SSSR count). The Morgan fingerprint density at radius 2 is 1.87 bits per heavy atom. The van der Waals surface area contributed by atoms with Gasteiger partial charge in [0.1, 0.15) is 6.10 Å². The number of aliphatic hydroxyl groups is 2. The SMILES string of the molecule is NCC(O)C(O)c1cc(Br)cc(Br)c1N. The van der Waals surface area contributed by atoms with Crippen molar-refractivity contribution in [1.82, 2.24) is 0 Å². The first-order chi connectivity index (χ1) is 6.97. The molecule has 2 unspecified atom stereocenters. The highest BCUT2D eigenvalue weighted by atomic mass is 79.9. The molecule has 6 N–H and O–H groups in total. The second-order valence-corrected chi connectivity index (χ2v) is 4.91. The summed E-state index contributed by atoms with van der Waals surface area (Å²) in [6, 6.07) is 3.42. The molecule has 0 saturated heterocycles. The van der Waals surface area contributed by atoms with Crippen LogP contribution in [0.1, 0.15) is 11.7 Å². The van der Waals surface area contributed by atoms with Crippen molar-refractivity contribution in [3.05, 3.63) is 26.6 Å². The third-order valence-electron chi connectivity index (χ3n) is 2.05. The summed E-state index contributed by atoms with van der Waals surface area (Å²) in [5.41, 5.74) is 11.9. The van der Waals surface area contributed by atoms with Crippen molar-refractivity contribution in [3.8, 4) is 0 Å². The van der Waals surface area contributed by atoms with Crippen LogP contribution >= 0.6 is 31.9 Å². The van der Waals surface area contributed by atoms with Gasteiger partial charge in [-0.25, -0.2) is 0 Å². The Bertz CT molecular complexity index is 360. The first kappa shape index (κ1) is 12.9. The van der Waals surface area contributed by atoms with E-state index in [1.54, 1.807) is 12.1 Å². The van der Waals surface area contributed by atoms with Gasteiger partial charge in [0, 0.05) is 21.1 Å². The summed E-state index contributed by atoms with van der Waals surface area (Å²) in [4.78, 5) is 0. The summed E-state index contributed by atoms with van der Waals surface area (Å²) in [7, 11) is 0. The molecule has 0 amide bonds. The van der Waals surface area contributed by atoms with Crippen LogP contribution in [0.3, 0.4) is 0 Å².